The lowest BCUT2D eigenvalue weighted by Crippen LogP contribution is -2.52. The minimum absolute atomic E-state index is 0.0301. The molecule has 2 aliphatic rings. The average Bonchev–Trinajstić information content (AvgIpc) is 3.63. The van der Waals surface area contributed by atoms with Gasteiger partial charge in [-0.25, -0.2) is 12.7 Å². The van der Waals surface area contributed by atoms with Crippen molar-refractivity contribution in [3.63, 3.8) is 0 Å². The summed E-state index contributed by atoms with van der Waals surface area (Å²) in [5.41, 5.74) is 0.476. The molecule has 0 N–H and O–H groups in total. The SMILES string of the molecule is CCCCS(=O)(=O)N1CCC(N(C(=O)c2cc3ccccc3cn2)C(C)C2CC2)CC1. The molecule has 168 valence electrons. The van der Waals surface area contributed by atoms with Crippen LogP contribution >= 0.6 is 0 Å². The zero-order valence-electron chi connectivity index (χ0n) is 18.5. The van der Waals surface area contributed by atoms with E-state index in [1.54, 1.807) is 10.5 Å². The lowest BCUT2D eigenvalue weighted by atomic mass is 10.00. The number of pyridine rings is 1. The first-order valence-corrected chi connectivity index (χ1v) is 13.2. The summed E-state index contributed by atoms with van der Waals surface area (Å²) in [4.78, 5) is 20.1. The van der Waals surface area contributed by atoms with E-state index in [9.17, 15) is 13.2 Å². The average molecular weight is 444 g/mol. The topological polar surface area (TPSA) is 70.6 Å². The van der Waals surface area contributed by atoms with Crippen molar-refractivity contribution in [3.05, 3.63) is 42.2 Å². The van der Waals surface area contributed by atoms with Crippen LogP contribution in [0.2, 0.25) is 0 Å². The molecule has 1 aliphatic carbocycles. The molecule has 1 saturated carbocycles. The van der Waals surface area contributed by atoms with Gasteiger partial charge in [-0.15, -0.1) is 0 Å². The third-order valence-corrected chi connectivity index (χ3v) is 8.75. The monoisotopic (exact) mass is 443 g/mol. The van der Waals surface area contributed by atoms with Gasteiger partial charge in [-0.2, -0.15) is 0 Å². The van der Waals surface area contributed by atoms with E-state index in [0.717, 1.165) is 30.0 Å². The standard InChI is InChI=1S/C24H33N3O3S/c1-3-4-15-31(29,30)26-13-11-22(12-14-26)27(18(2)19-9-10-19)24(28)23-16-20-7-5-6-8-21(20)17-25-23/h5-8,16-19,22H,3-4,9-15H2,1-2H3. The van der Waals surface area contributed by atoms with Crippen LogP contribution < -0.4 is 0 Å². The molecule has 2 heterocycles. The second kappa shape index (κ2) is 9.25. The molecule has 1 aromatic heterocycles. The summed E-state index contributed by atoms with van der Waals surface area (Å²) in [6.45, 7) is 5.12. The van der Waals surface area contributed by atoms with Crippen LogP contribution in [0.25, 0.3) is 10.8 Å². The first-order valence-electron chi connectivity index (χ1n) is 11.6. The van der Waals surface area contributed by atoms with E-state index in [0.29, 0.717) is 44.0 Å². The second-order valence-electron chi connectivity index (χ2n) is 9.01. The molecular formula is C24H33N3O3S. The fraction of sp³-hybridized carbons (Fsp3) is 0.583. The molecule has 1 amide bonds. The molecule has 2 fully saturated rings. The molecule has 6 nitrogen and oxygen atoms in total. The highest BCUT2D eigenvalue weighted by molar-refractivity contribution is 7.89. The van der Waals surface area contributed by atoms with Crippen LogP contribution in [0.3, 0.4) is 0 Å². The Morgan fingerprint density at radius 3 is 2.48 bits per heavy atom. The largest absolute Gasteiger partial charge is 0.331 e. The lowest BCUT2D eigenvalue weighted by Gasteiger charge is -2.41. The van der Waals surface area contributed by atoms with E-state index in [1.807, 2.05) is 42.2 Å². The minimum Gasteiger partial charge on any atom is -0.331 e. The van der Waals surface area contributed by atoms with E-state index >= 15 is 0 Å². The van der Waals surface area contributed by atoms with Crippen molar-refractivity contribution >= 4 is 26.7 Å². The van der Waals surface area contributed by atoms with E-state index in [-0.39, 0.29) is 23.7 Å². The number of piperidine rings is 1. The van der Waals surface area contributed by atoms with Crippen LogP contribution in [0.1, 0.15) is 62.9 Å². The van der Waals surface area contributed by atoms with Gasteiger partial charge in [0.2, 0.25) is 10.0 Å². The predicted molar refractivity (Wildman–Crippen MR) is 123 cm³/mol. The molecule has 31 heavy (non-hydrogen) atoms. The molecule has 4 rings (SSSR count). The van der Waals surface area contributed by atoms with Crippen LogP contribution in [-0.4, -0.2) is 59.4 Å². The molecule has 7 heteroatoms. The maximum absolute atomic E-state index is 13.6. The normalized spacial score (nSPS) is 19.4. The van der Waals surface area contributed by atoms with Crippen LogP contribution in [0.5, 0.6) is 0 Å². The van der Waals surface area contributed by atoms with Crippen LogP contribution in [0.15, 0.2) is 36.5 Å². The fourth-order valence-corrected chi connectivity index (χ4v) is 6.36. The number of amides is 1. The highest BCUT2D eigenvalue weighted by atomic mass is 32.2. The Balaban J connectivity index is 1.52. The van der Waals surface area contributed by atoms with Gasteiger partial charge in [-0.05, 0) is 56.4 Å². The first kappa shape index (κ1) is 22.2. The number of hydrogen-bond donors (Lipinski definition) is 0. The van der Waals surface area contributed by atoms with Crippen molar-refractivity contribution in [2.45, 2.75) is 64.5 Å². The minimum atomic E-state index is -3.20. The molecule has 1 atom stereocenters. The quantitative estimate of drug-likeness (QED) is 0.617. The summed E-state index contributed by atoms with van der Waals surface area (Å²) in [6, 6.07) is 10.0. The maximum Gasteiger partial charge on any atom is 0.272 e. The van der Waals surface area contributed by atoms with Gasteiger partial charge >= 0.3 is 0 Å². The van der Waals surface area contributed by atoms with Crippen molar-refractivity contribution < 1.29 is 13.2 Å². The number of hydrogen-bond acceptors (Lipinski definition) is 4. The predicted octanol–water partition coefficient (Wildman–Crippen LogP) is 4.07. The maximum atomic E-state index is 13.6. The zero-order chi connectivity index (χ0) is 22.0. The summed E-state index contributed by atoms with van der Waals surface area (Å²) in [6.07, 6.45) is 7.00. The van der Waals surface area contributed by atoms with Gasteiger partial charge in [0.25, 0.3) is 5.91 Å². The Labute approximate surface area is 185 Å². The molecule has 1 aromatic carbocycles. The van der Waals surface area contributed by atoms with Gasteiger partial charge in [-0.1, -0.05) is 37.6 Å². The molecule has 0 spiro atoms. The van der Waals surface area contributed by atoms with Crippen LogP contribution in [0.4, 0.5) is 0 Å². The van der Waals surface area contributed by atoms with E-state index in [1.165, 1.54) is 0 Å². The smallest absolute Gasteiger partial charge is 0.272 e. The number of rotatable bonds is 8. The van der Waals surface area contributed by atoms with E-state index in [2.05, 4.69) is 11.9 Å². The van der Waals surface area contributed by atoms with Gasteiger partial charge in [0.05, 0.1) is 5.75 Å². The number of fused-ring (bicyclic) bond motifs is 1. The number of unbranched alkanes of at least 4 members (excludes halogenated alkanes) is 1. The summed E-state index contributed by atoms with van der Waals surface area (Å²) in [7, 11) is -3.20. The highest BCUT2D eigenvalue weighted by Crippen LogP contribution is 2.38. The fourth-order valence-electron chi connectivity index (χ4n) is 4.68. The Kier molecular flexibility index (Phi) is 6.63. The molecule has 0 bridgehead atoms. The Hall–Kier alpha value is -1.99. The Morgan fingerprint density at radius 1 is 1.16 bits per heavy atom. The number of carbonyl (C=O) groups is 1. The van der Waals surface area contributed by atoms with Crippen molar-refractivity contribution in [3.8, 4) is 0 Å². The lowest BCUT2D eigenvalue weighted by molar-refractivity contribution is 0.0476. The second-order valence-corrected chi connectivity index (χ2v) is 11.1. The van der Waals surface area contributed by atoms with Crippen molar-refractivity contribution in [2.75, 3.05) is 18.8 Å². The van der Waals surface area contributed by atoms with Gasteiger partial charge in [0.1, 0.15) is 5.69 Å². The molecular weight excluding hydrogens is 410 g/mol. The summed E-state index contributed by atoms with van der Waals surface area (Å²) in [5.74, 6) is 0.726. The number of nitrogens with zero attached hydrogens (tertiary/aromatic N) is 3. The third-order valence-electron chi connectivity index (χ3n) is 6.79. The summed E-state index contributed by atoms with van der Waals surface area (Å²) < 4.78 is 26.8. The summed E-state index contributed by atoms with van der Waals surface area (Å²) in [5, 5.41) is 2.03. The Morgan fingerprint density at radius 2 is 1.84 bits per heavy atom. The van der Waals surface area contributed by atoms with Crippen LogP contribution in [-0.2, 0) is 10.0 Å². The first-order chi connectivity index (χ1) is 14.9. The number of carbonyl (C=O) groups excluding carboxylic acids is 1. The number of aromatic nitrogens is 1. The summed E-state index contributed by atoms with van der Waals surface area (Å²) >= 11 is 0. The third kappa shape index (κ3) is 4.93. The Bertz CT molecular complexity index is 1030. The molecule has 1 aliphatic heterocycles. The van der Waals surface area contributed by atoms with Crippen LogP contribution in [0, 0.1) is 5.92 Å². The van der Waals surface area contributed by atoms with E-state index < -0.39 is 10.0 Å². The molecule has 1 unspecified atom stereocenters. The number of sulfonamides is 1. The van der Waals surface area contributed by atoms with E-state index in [4.69, 9.17) is 0 Å². The van der Waals surface area contributed by atoms with Gasteiger partial charge < -0.3 is 4.90 Å². The molecule has 0 radical (unpaired) electrons. The number of benzene rings is 1. The molecule has 1 saturated heterocycles. The zero-order valence-corrected chi connectivity index (χ0v) is 19.4. The van der Waals surface area contributed by atoms with Gasteiger partial charge in [0, 0.05) is 36.8 Å². The molecule has 2 aromatic rings. The van der Waals surface area contributed by atoms with Crippen molar-refractivity contribution in [1.29, 1.82) is 0 Å². The van der Waals surface area contributed by atoms with Gasteiger partial charge in [0.15, 0.2) is 0 Å². The highest BCUT2D eigenvalue weighted by Gasteiger charge is 2.40. The van der Waals surface area contributed by atoms with Crippen molar-refractivity contribution in [1.82, 2.24) is 14.2 Å². The van der Waals surface area contributed by atoms with Gasteiger partial charge in [-0.3, -0.25) is 9.78 Å². The van der Waals surface area contributed by atoms with Crippen molar-refractivity contribution in [2.24, 2.45) is 5.92 Å².